The predicted octanol–water partition coefficient (Wildman–Crippen LogP) is 6.70. The maximum atomic E-state index is 14.1. The van der Waals surface area contributed by atoms with Crippen LogP contribution in [-0.4, -0.2) is 11.8 Å². The Morgan fingerprint density at radius 2 is 1.68 bits per heavy atom. The lowest BCUT2D eigenvalue weighted by molar-refractivity contribution is -0.137. The van der Waals surface area contributed by atoms with Crippen LogP contribution in [0.5, 0.6) is 0 Å². The minimum absolute atomic E-state index is 0.0423. The summed E-state index contributed by atoms with van der Waals surface area (Å²) in [6.45, 7) is 3.69. The molecule has 1 aliphatic rings. The number of rotatable bonds is 6. The van der Waals surface area contributed by atoms with Crippen LogP contribution in [0.25, 0.3) is 0 Å². The van der Waals surface area contributed by atoms with E-state index in [4.69, 9.17) is 17.3 Å². The van der Waals surface area contributed by atoms with Crippen LogP contribution in [0.1, 0.15) is 75.7 Å². The number of carbonyl (C=O) groups excluding carboxylic acids is 2. The molecular weight excluding hydrogens is 529 g/mol. The maximum Gasteiger partial charge on any atom is 0.416 e. The number of benzene rings is 3. The highest BCUT2D eigenvalue weighted by molar-refractivity contribution is 6.31. The molecule has 1 heterocycles. The van der Waals surface area contributed by atoms with Crippen LogP contribution in [0.15, 0.2) is 48.5 Å². The van der Waals surface area contributed by atoms with Crippen LogP contribution < -0.4 is 16.4 Å². The number of halogens is 6. The van der Waals surface area contributed by atoms with Gasteiger partial charge in [0.15, 0.2) is 0 Å². The minimum Gasteiger partial charge on any atom is -0.341 e. The van der Waals surface area contributed by atoms with Crippen LogP contribution in [0.3, 0.4) is 0 Å². The molecule has 200 valence electrons. The van der Waals surface area contributed by atoms with Gasteiger partial charge in [0.2, 0.25) is 0 Å². The van der Waals surface area contributed by atoms with Crippen molar-refractivity contribution in [2.45, 2.75) is 44.4 Å². The molecule has 0 fully saturated rings. The Morgan fingerprint density at radius 1 is 1.00 bits per heavy atom. The van der Waals surface area contributed by atoms with Gasteiger partial charge in [-0.15, -0.1) is 0 Å². The zero-order valence-electron chi connectivity index (χ0n) is 20.3. The average molecular weight is 552 g/mol. The first-order valence-electron chi connectivity index (χ1n) is 11.7. The second-order valence-corrected chi connectivity index (χ2v) is 9.51. The highest BCUT2D eigenvalue weighted by Crippen LogP contribution is 2.42. The summed E-state index contributed by atoms with van der Waals surface area (Å²) in [6, 6.07) is 7.18. The Hall–Kier alpha value is -3.50. The second kappa shape index (κ2) is 9.99. The Morgan fingerprint density at radius 3 is 2.32 bits per heavy atom. The van der Waals surface area contributed by atoms with Crippen LogP contribution in [0, 0.1) is 11.6 Å². The van der Waals surface area contributed by atoms with Gasteiger partial charge >= 0.3 is 6.18 Å². The molecule has 0 aliphatic carbocycles. The molecule has 0 aromatic heterocycles. The molecule has 4 rings (SSSR count). The smallest absolute Gasteiger partial charge is 0.341 e. The molecule has 11 heteroatoms. The number of amides is 2. The van der Waals surface area contributed by atoms with Crippen molar-refractivity contribution in [2.24, 2.45) is 5.73 Å². The molecule has 3 aromatic rings. The fourth-order valence-electron chi connectivity index (χ4n) is 4.53. The molecule has 0 saturated heterocycles. The summed E-state index contributed by atoms with van der Waals surface area (Å²) in [7, 11) is 0. The molecule has 0 saturated carbocycles. The Labute approximate surface area is 220 Å². The fraction of sp³-hybridized carbons (Fsp3) is 0.259. The van der Waals surface area contributed by atoms with Gasteiger partial charge in [0.25, 0.3) is 11.8 Å². The van der Waals surface area contributed by atoms with Crippen molar-refractivity contribution in [2.75, 3.05) is 5.32 Å². The molecule has 3 aromatic carbocycles. The van der Waals surface area contributed by atoms with E-state index in [1.807, 2.05) is 13.8 Å². The van der Waals surface area contributed by atoms with E-state index in [-0.39, 0.29) is 33.5 Å². The molecule has 1 aliphatic heterocycles. The lowest BCUT2D eigenvalue weighted by Crippen LogP contribution is -2.35. The third-order valence-corrected chi connectivity index (χ3v) is 7.17. The van der Waals surface area contributed by atoms with Crippen LogP contribution in [0.4, 0.5) is 27.6 Å². The first kappa shape index (κ1) is 27.5. The molecule has 2 amide bonds. The molecule has 0 radical (unpaired) electrons. The van der Waals surface area contributed by atoms with Crippen LogP contribution in [0.2, 0.25) is 5.02 Å². The van der Waals surface area contributed by atoms with E-state index in [9.17, 15) is 31.5 Å². The highest BCUT2D eigenvalue weighted by Gasteiger charge is 2.37. The van der Waals surface area contributed by atoms with E-state index in [2.05, 4.69) is 10.6 Å². The number of fused-ring (bicyclic) bond motifs is 1. The molecule has 0 spiro atoms. The van der Waals surface area contributed by atoms with Gasteiger partial charge in [-0.2, -0.15) is 13.2 Å². The van der Waals surface area contributed by atoms with E-state index in [1.165, 1.54) is 12.1 Å². The van der Waals surface area contributed by atoms with Crippen molar-refractivity contribution >= 4 is 29.1 Å². The van der Waals surface area contributed by atoms with Gasteiger partial charge in [0.05, 0.1) is 11.6 Å². The van der Waals surface area contributed by atoms with E-state index in [0.29, 0.717) is 30.5 Å². The molecule has 4 N–H and O–H groups in total. The number of hydrogen-bond acceptors (Lipinski definition) is 3. The lowest BCUT2D eigenvalue weighted by atomic mass is 9.83. The molecule has 1 unspecified atom stereocenters. The predicted molar refractivity (Wildman–Crippen MR) is 133 cm³/mol. The number of nitrogens with one attached hydrogen (secondary N) is 2. The first-order valence-corrected chi connectivity index (χ1v) is 12.1. The number of alkyl halides is 3. The van der Waals surface area contributed by atoms with Crippen molar-refractivity contribution in [1.82, 2.24) is 5.32 Å². The lowest BCUT2D eigenvalue weighted by Gasteiger charge is -2.29. The molecule has 38 heavy (non-hydrogen) atoms. The summed E-state index contributed by atoms with van der Waals surface area (Å²) in [5.41, 5.74) is 4.84. The average Bonchev–Trinajstić information content (AvgIpc) is 3.20. The normalized spacial score (nSPS) is 15.3. The van der Waals surface area contributed by atoms with E-state index in [1.54, 1.807) is 6.07 Å². The van der Waals surface area contributed by atoms with Gasteiger partial charge in [0, 0.05) is 38.5 Å². The first-order chi connectivity index (χ1) is 17.8. The van der Waals surface area contributed by atoms with Gasteiger partial charge in [-0.05, 0) is 66.9 Å². The summed E-state index contributed by atoms with van der Waals surface area (Å²) >= 11 is 6.30. The van der Waals surface area contributed by atoms with Crippen LogP contribution in [-0.2, 0) is 11.7 Å². The highest BCUT2D eigenvalue weighted by atomic mass is 35.5. The van der Waals surface area contributed by atoms with Gasteiger partial charge in [-0.25, -0.2) is 8.78 Å². The van der Waals surface area contributed by atoms with Gasteiger partial charge in [-0.1, -0.05) is 25.4 Å². The standard InChI is InChI=1S/C27H23ClF5N3O2/c1-3-26(34,4-2)14-10-19-22(23(36-25(19)38)18-12-16(29)5-6-20(18)28)21(11-14)35-24(37)13-7-15(27(31,32)33)9-17(30)8-13/h5-12,23H,3-4,34H2,1-2H3,(H,35,37)(H,36,38). The third kappa shape index (κ3) is 5.10. The van der Waals surface area contributed by atoms with Crippen molar-refractivity contribution < 1.29 is 31.5 Å². The number of anilines is 1. The van der Waals surface area contributed by atoms with E-state index >= 15 is 0 Å². The Bertz CT molecular complexity index is 1440. The van der Waals surface area contributed by atoms with Crippen LogP contribution >= 0.6 is 11.6 Å². The molecule has 0 bridgehead atoms. The summed E-state index contributed by atoms with van der Waals surface area (Å²) < 4.78 is 67.8. The fourth-order valence-corrected chi connectivity index (χ4v) is 4.76. The van der Waals surface area contributed by atoms with Crippen molar-refractivity contribution in [3.8, 4) is 0 Å². The maximum absolute atomic E-state index is 14.1. The molecular formula is C27H23ClF5N3O2. The minimum atomic E-state index is -4.88. The van der Waals surface area contributed by atoms with E-state index in [0.717, 1.165) is 12.1 Å². The van der Waals surface area contributed by atoms with Gasteiger partial charge < -0.3 is 16.4 Å². The Balaban J connectivity index is 1.89. The van der Waals surface area contributed by atoms with E-state index < -0.39 is 52.3 Å². The SMILES string of the molecule is CCC(N)(CC)c1cc(NC(=O)c2cc(F)cc(C(F)(F)F)c2)c2c(c1)C(=O)NC2c1cc(F)ccc1Cl. The number of carbonyl (C=O) groups is 2. The summed E-state index contributed by atoms with van der Waals surface area (Å²) in [4.78, 5) is 26.2. The number of hydrogen-bond donors (Lipinski definition) is 3. The largest absolute Gasteiger partial charge is 0.416 e. The van der Waals surface area contributed by atoms with Crippen molar-refractivity contribution in [3.05, 3.63) is 98.6 Å². The topological polar surface area (TPSA) is 84.2 Å². The molecule has 5 nitrogen and oxygen atoms in total. The van der Waals surface area contributed by atoms with Crippen molar-refractivity contribution in [3.63, 3.8) is 0 Å². The summed E-state index contributed by atoms with van der Waals surface area (Å²) in [6.07, 6.45) is -3.94. The quantitative estimate of drug-likeness (QED) is 0.298. The zero-order valence-corrected chi connectivity index (χ0v) is 21.0. The van der Waals surface area contributed by atoms with Crippen molar-refractivity contribution in [1.29, 1.82) is 0 Å². The van der Waals surface area contributed by atoms with Gasteiger partial charge in [-0.3, -0.25) is 9.59 Å². The second-order valence-electron chi connectivity index (χ2n) is 9.10. The zero-order chi connectivity index (χ0) is 28.0. The summed E-state index contributed by atoms with van der Waals surface area (Å²) in [5, 5.41) is 5.38. The molecule has 1 atom stereocenters. The monoisotopic (exact) mass is 551 g/mol. The van der Waals surface area contributed by atoms with Gasteiger partial charge in [0.1, 0.15) is 11.6 Å². The third-order valence-electron chi connectivity index (χ3n) is 6.83. The number of nitrogens with two attached hydrogens (primary N) is 1. The summed E-state index contributed by atoms with van der Waals surface area (Å²) in [5.74, 6) is -3.45. The Kier molecular flexibility index (Phi) is 7.24.